The van der Waals surface area contributed by atoms with E-state index in [0.29, 0.717) is 0 Å². The third-order valence-electron chi connectivity index (χ3n) is 3.25. The molecule has 0 aromatic heterocycles. The number of benzene rings is 1. The van der Waals surface area contributed by atoms with Crippen molar-refractivity contribution in [3.8, 4) is 0 Å². The number of hydrogen-bond donors (Lipinski definition) is 1. The highest BCUT2D eigenvalue weighted by molar-refractivity contribution is 9.09. The predicted molar refractivity (Wildman–Crippen MR) is 94.5 cm³/mol. The summed E-state index contributed by atoms with van der Waals surface area (Å²) in [5.74, 6) is -0.135. The molecule has 1 rings (SSSR count). The third kappa shape index (κ3) is 6.06. The van der Waals surface area contributed by atoms with E-state index >= 15 is 0 Å². The quantitative estimate of drug-likeness (QED) is 0.621. The van der Waals surface area contributed by atoms with Gasteiger partial charge in [-0.25, -0.2) is 0 Å². The summed E-state index contributed by atoms with van der Waals surface area (Å²) in [7, 11) is 1.52. The number of nitrogens with zero attached hydrogens (tertiary/aromatic N) is 1. The summed E-state index contributed by atoms with van der Waals surface area (Å²) in [4.78, 5) is 14.1. The van der Waals surface area contributed by atoms with Crippen LogP contribution in [0.1, 0.15) is 18.5 Å². The minimum absolute atomic E-state index is 0.0647. The van der Waals surface area contributed by atoms with Gasteiger partial charge in [-0.1, -0.05) is 50.1 Å². The van der Waals surface area contributed by atoms with Crippen LogP contribution >= 0.6 is 31.9 Å². The van der Waals surface area contributed by atoms with E-state index in [1.165, 1.54) is 7.11 Å². The highest BCUT2D eigenvalue weighted by atomic mass is 79.9. The zero-order valence-electron chi connectivity index (χ0n) is 12.4. The molecule has 0 fully saturated rings. The van der Waals surface area contributed by atoms with Crippen LogP contribution in [0, 0.1) is 0 Å². The molecule has 0 spiro atoms. The van der Waals surface area contributed by atoms with E-state index in [2.05, 4.69) is 55.1 Å². The van der Waals surface area contributed by atoms with Gasteiger partial charge in [-0.15, -0.1) is 0 Å². The van der Waals surface area contributed by atoms with Gasteiger partial charge in [-0.2, -0.15) is 0 Å². The van der Waals surface area contributed by atoms with Crippen LogP contribution in [0.4, 0.5) is 5.69 Å². The first-order chi connectivity index (χ1) is 10.1. The van der Waals surface area contributed by atoms with Crippen LogP contribution in [-0.2, 0) is 9.53 Å². The molecule has 1 unspecified atom stereocenters. The number of carbonyl (C=O) groups excluding carboxylic acids is 1. The Hall–Kier alpha value is -0.430. The Balaban J connectivity index is 2.91. The summed E-state index contributed by atoms with van der Waals surface area (Å²) < 4.78 is 4.87. The maximum Gasteiger partial charge on any atom is 0.250 e. The Morgan fingerprint density at radius 1 is 1.29 bits per heavy atom. The molecular weight excluding hydrogens is 400 g/mol. The SMILES string of the molecule is COCC(=O)Nc1ccccc1C(C)N(CCBr)CCBr. The standard InChI is InChI=1S/C15H22Br2N2O2/c1-12(19(9-7-16)10-8-17)13-5-3-4-6-14(13)18-15(20)11-21-2/h3-6,12H,7-11H2,1-2H3,(H,18,20). The summed E-state index contributed by atoms with van der Waals surface area (Å²) >= 11 is 6.99. The number of para-hydroxylation sites is 1. The fourth-order valence-corrected chi connectivity index (χ4v) is 3.12. The zero-order chi connectivity index (χ0) is 15.7. The van der Waals surface area contributed by atoms with Gasteiger partial charge in [-0.05, 0) is 18.6 Å². The molecule has 21 heavy (non-hydrogen) atoms. The van der Waals surface area contributed by atoms with Gasteiger partial charge in [0.05, 0.1) is 0 Å². The molecule has 1 N–H and O–H groups in total. The van der Waals surface area contributed by atoms with Crippen molar-refractivity contribution in [1.82, 2.24) is 4.90 Å². The molecular formula is C15H22Br2N2O2. The summed E-state index contributed by atoms with van der Waals surface area (Å²) in [6, 6.07) is 8.14. The van der Waals surface area contributed by atoms with E-state index in [0.717, 1.165) is 35.0 Å². The molecule has 1 aromatic rings. The van der Waals surface area contributed by atoms with Crippen LogP contribution in [0.25, 0.3) is 0 Å². The smallest absolute Gasteiger partial charge is 0.250 e. The fraction of sp³-hybridized carbons (Fsp3) is 0.533. The molecule has 1 aromatic carbocycles. The molecule has 0 saturated heterocycles. The highest BCUT2D eigenvalue weighted by Gasteiger charge is 2.18. The molecule has 0 aliphatic rings. The monoisotopic (exact) mass is 420 g/mol. The first kappa shape index (κ1) is 18.6. The number of rotatable bonds is 9. The second-order valence-electron chi connectivity index (χ2n) is 4.66. The largest absolute Gasteiger partial charge is 0.375 e. The minimum Gasteiger partial charge on any atom is -0.375 e. The van der Waals surface area contributed by atoms with Crippen LogP contribution in [-0.4, -0.2) is 48.3 Å². The summed E-state index contributed by atoms with van der Waals surface area (Å²) in [5, 5.41) is 4.76. The third-order valence-corrected chi connectivity index (χ3v) is 3.96. The van der Waals surface area contributed by atoms with E-state index in [4.69, 9.17) is 4.74 Å². The van der Waals surface area contributed by atoms with E-state index in [-0.39, 0.29) is 18.6 Å². The lowest BCUT2D eigenvalue weighted by Gasteiger charge is -2.29. The van der Waals surface area contributed by atoms with Gasteiger partial charge in [0.2, 0.25) is 5.91 Å². The van der Waals surface area contributed by atoms with Crippen LogP contribution < -0.4 is 5.32 Å². The molecule has 118 valence electrons. The maximum absolute atomic E-state index is 11.7. The van der Waals surface area contributed by atoms with Crippen molar-refractivity contribution in [2.24, 2.45) is 0 Å². The number of hydrogen-bond acceptors (Lipinski definition) is 3. The minimum atomic E-state index is -0.135. The first-order valence-electron chi connectivity index (χ1n) is 6.87. The van der Waals surface area contributed by atoms with Gasteiger partial charge >= 0.3 is 0 Å². The Kier molecular flexibility index (Phi) is 9.15. The number of amides is 1. The van der Waals surface area contributed by atoms with Crippen molar-refractivity contribution in [3.05, 3.63) is 29.8 Å². The number of ether oxygens (including phenoxy) is 1. The van der Waals surface area contributed by atoms with Crippen molar-refractivity contribution < 1.29 is 9.53 Å². The normalized spacial score (nSPS) is 12.4. The Bertz CT molecular complexity index is 437. The number of anilines is 1. The molecule has 4 nitrogen and oxygen atoms in total. The molecule has 0 aliphatic carbocycles. The Labute approximate surface area is 143 Å². The van der Waals surface area contributed by atoms with E-state index in [9.17, 15) is 4.79 Å². The van der Waals surface area contributed by atoms with Gasteiger partial charge in [0.1, 0.15) is 6.61 Å². The second-order valence-corrected chi connectivity index (χ2v) is 6.24. The molecule has 0 saturated carbocycles. The summed E-state index contributed by atoms with van der Waals surface area (Å²) in [6.07, 6.45) is 0. The number of carbonyl (C=O) groups is 1. The average molecular weight is 422 g/mol. The zero-order valence-corrected chi connectivity index (χ0v) is 15.6. The van der Waals surface area contributed by atoms with Crippen molar-refractivity contribution >= 4 is 43.5 Å². The lowest BCUT2D eigenvalue weighted by molar-refractivity contribution is -0.119. The van der Waals surface area contributed by atoms with E-state index in [1.54, 1.807) is 0 Å². The molecule has 1 amide bonds. The Morgan fingerprint density at radius 2 is 1.90 bits per heavy atom. The van der Waals surface area contributed by atoms with Crippen molar-refractivity contribution in [2.75, 3.05) is 42.8 Å². The van der Waals surface area contributed by atoms with Crippen molar-refractivity contribution in [2.45, 2.75) is 13.0 Å². The average Bonchev–Trinajstić information content (AvgIpc) is 2.47. The van der Waals surface area contributed by atoms with Gasteiger partial charge in [0.25, 0.3) is 0 Å². The van der Waals surface area contributed by atoms with Gasteiger partial charge in [0, 0.05) is 42.6 Å². The fourth-order valence-electron chi connectivity index (χ4n) is 2.21. The van der Waals surface area contributed by atoms with Gasteiger partial charge < -0.3 is 10.1 Å². The number of methoxy groups -OCH3 is 1. The molecule has 1 atom stereocenters. The van der Waals surface area contributed by atoms with Crippen LogP contribution in [0.3, 0.4) is 0 Å². The number of nitrogens with one attached hydrogen (secondary N) is 1. The molecule has 0 radical (unpaired) electrons. The topological polar surface area (TPSA) is 41.6 Å². The molecule has 0 bridgehead atoms. The molecule has 0 aliphatic heterocycles. The summed E-state index contributed by atoms with van der Waals surface area (Å²) in [6.45, 7) is 4.13. The van der Waals surface area contributed by atoms with E-state index < -0.39 is 0 Å². The van der Waals surface area contributed by atoms with Gasteiger partial charge in [-0.3, -0.25) is 9.69 Å². The molecule has 0 heterocycles. The van der Waals surface area contributed by atoms with Crippen LogP contribution in [0.2, 0.25) is 0 Å². The lowest BCUT2D eigenvalue weighted by Crippen LogP contribution is -2.31. The van der Waals surface area contributed by atoms with Crippen molar-refractivity contribution in [1.29, 1.82) is 0 Å². The van der Waals surface area contributed by atoms with Crippen molar-refractivity contribution in [3.63, 3.8) is 0 Å². The maximum atomic E-state index is 11.7. The Morgan fingerprint density at radius 3 is 2.48 bits per heavy atom. The van der Waals surface area contributed by atoms with Gasteiger partial charge in [0.15, 0.2) is 0 Å². The van der Waals surface area contributed by atoms with Crippen LogP contribution in [0.5, 0.6) is 0 Å². The molecule has 6 heteroatoms. The number of halogens is 2. The van der Waals surface area contributed by atoms with E-state index in [1.807, 2.05) is 18.2 Å². The summed E-state index contributed by atoms with van der Waals surface area (Å²) in [5.41, 5.74) is 1.96. The number of alkyl halides is 2. The lowest BCUT2D eigenvalue weighted by atomic mass is 10.0. The van der Waals surface area contributed by atoms with Crippen LogP contribution in [0.15, 0.2) is 24.3 Å². The predicted octanol–water partition coefficient (Wildman–Crippen LogP) is 3.42. The first-order valence-corrected chi connectivity index (χ1v) is 9.12. The highest BCUT2D eigenvalue weighted by Crippen LogP contribution is 2.27. The second kappa shape index (κ2) is 10.3.